The van der Waals surface area contributed by atoms with Gasteiger partial charge in [-0.25, -0.2) is 13.2 Å². The maximum absolute atomic E-state index is 13.0. The lowest BCUT2D eigenvalue weighted by Crippen LogP contribution is -2.42. The Hall–Kier alpha value is -2.30. The van der Waals surface area contributed by atoms with Crippen LogP contribution in [0.3, 0.4) is 0 Å². The quantitative estimate of drug-likeness (QED) is 0.602. The van der Waals surface area contributed by atoms with Gasteiger partial charge in [0.15, 0.2) is 9.84 Å². The zero-order valence-electron chi connectivity index (χ0n) is 20.4. The van der Waals surface area contributed by atoms with E-state index in [9.17, 15) is 31.2 Å². The SMILES string of the molecule is CC(C)(C)OC(=O)N1CCC(CCS(=O)(=O)c2ccc3c(c2)CCN(C(=O)C(F)(F)F)CC3)CC1. The summed E-state index contributed by atoms with van der Waals surface area (Å²) in [5, 5.41) is 0. The number of ether oxygens (including phenoxy) is 1. The highest BCUT2D eigenvalue weighted by atomic mass is 32.2. The van der Waals surface area contributed by atoms with Crippen molar-refractivity contribution in [3.05, 3.63) is 29.3 Å². The first-order valence-electron chi connectivity index (χ1n) is 11.8. The first-order chi connectivity index (χ1) is 16.2. The molecule has 7 nitrogen and oxygen atoms in total. The van der Waals surface area contributed by atoms with Crippen LogP contribution >= 0.6 is 0 Å². The van der Waals surface area contributed by atoms with Crippen LogP contribution in [0.15, 0.2) is 23.1 Å². The molecule has 0 saturated carbocycles. The van der Waals surface area contributed by atoms with Crippen molar-refractivity contribution in [3.63, 3.8) is 0 Å². The molecule has 196 valence electrons. The van der Waals surface area contributed by atoms with Gasteiger partial charge in [0, 0.05) is 26.2 Å². The molecule has 3 rings (SSSR count). The summed E-state index contributed by atoms with van der Waals surface area (Å²) in [6.07, 6.45) is -3.01. The van der Waals surface area contributed by atoms with E-state index in [4.69, 9.17) is 4.74 Å². The van der Waals surface area contributed by atoms with Crippen LogP contribution in [-0.2, 0) is 32.2 Å². The number of fused-ring (bicyclic) bond motifs is 1. The summed E-state index contributed by atoms with van der Waals surface area (Å²) in [5.41, 5.74) is 0.854. The Kier molecular flexibility index (Phi) is 8.08. The van der Waals surface area contributed by atoms with Gasteiger partial charge in [-0.3, -0.25) is 4.79 Å². The third kappa shape index (κ3) is 7.35. The Morgan fingerprint density at radius 1 is 0.971 bits per heavy atom. The highest BCUT2D eigenvalue weighted by Crippen LogP contribution is 2.27. The number of sulfone groups is 1. The minimum Gasteiger partial charge on any atom is -0.444 e. The maximum atomic E-state index is 13.0. The van der Waals surface area contributed by atoms with Gasteiger partial charge in [0.1, 0.15) is 5.60 Å². The van der Waals surface area contributed by atoms with Gasteiger partial charge >= 0.3 is 18.2 Å². The predicted molar refractivity (Wildman–Crippen MR) is 124 cm³/mol. The molecule has 0 unspecified atom stereocenters. The number of halogens is 3. The van der Waals surface area contributed by atoms with Crippen molar-refractivity contribution in [3.8, 4) is 0 Å². The summed E-state index contributed by atoms with van der Waals surface area (Å²) in [4.78, 5) is 26.4. The largest absolute Gasteiger partial charge is 0.471 e. The van der Waals surface area contributed by atoms with E-state index in [-0.39, 0.29) is 48.6 Å². The van der Waals surface area contributed by atoms with Gasteiger partial charge in [-0.1, -0.05) is 6.07 Å². The monoisotopic (exact) mass is 518 g/mol. The van der Waals surface area contributed by atoms with Crippen molar-refractivity contribution in [1.29, 1.82) is 0 Å². The molecule has 1 fully saturated rings. The molecule has 1 aromatic rings. The molecular formula is C24H33F3N2O5S. The minimum atomic E-state index is -4.92. The number of carbonyl (C=O) groups is 2. The molecule has 0 atom stereocenters. The van der Waals surface area contributed by atoms with Gasteiger partial charge in [-0.2, -0.15) is 13.2 Å². The van der Waals surface area contributed by atoms with E-state index in [1.807, 2.05) is 20.8 Å². The minimum absolute atomic E-state index is 0.0401. The molecule has 0 bridgehead atoms. The number of likely N-dealkylation sites (tertiary alicyclic amines) is 1. The van der Waals surface area contributed by atoms with Crippen LogP contribution in [0, 0.1) is 5.92 Å². The van der Waals surface area contributed by atoms with Crippen LogP contribution in [-0.4, -0.2) is 73.9 Å². The third-order valence-corrected chi connectivity index (χ3v) is 8.18. The second-order valence-corrected chi connectivity index (χ2v) is 12.3. The van der Waals surface area contributed by atoms with Gasteiger partial charge < -0.3 is 14.5 Å². The zero-order chi connectivity index (χ0) is 26.0. The second-order valence-electron chi connectivity index (χ2n) is 10.2. The topological polar surface area (TPSA) is 84.0 Å². The number of carbonyl (C=O) groups excluding carboxylic acids is 2. The smallest absolute Gasteiger partial charge is 0.444 e. The summed E-state index contributed by atoms with van der Waals surface area (Å²) in [6.45, 7) is 6.30. The molecule has 2 heterocycles. The maximum Gasteiger partial charge on any atom is 0.471 e. The number of benzene rings is 1. The van der Waals surface area contributed by atoms with Crippen LogP contribution in [0.25, 0.3) is 0 Å². The van der Waals surface area contributed by atoms with Gasteiger partial charge in [0.05, 0.1) is 10.6 Å². The highest BCUT2D eigenvalue weighted by Gasteiger charge is 2.42. The molecule has 0 aliphatic carbocycles. The number of hydrogen-bond donors (Lipinski definition) is 0. The molecular weight excluding hydrogens is 485 g/mol. The lowest BCUT2D eigenvalue weighted by atomic mass is 9.95. The molecule has 35 heavy (non-hydrogen) atoms. The fourth-order valence-corrected chi connectivity index (χ4v) is 5.92. The Labute approximate surface area is 204 Å². The van der Waals surface area contributed by atoms with Crippen molar-refractivity contribution >= 4 is 21.8 Å². The van der Waals surface area contributed by atoms with Crippen molar-refractivity contribution in [2.75, 3.05) is 31.9 Å². The van der Waals surface area contributed by atoms with Crippen LogP contribution in [0.1, 0.15) is 51.2 Å². The van der Waals surface area contributed by atoms with Crippen LogP contribution < -0.4 is 0 Å². The molecule has 0 N–H and O–H groups in total. The molecule has 0 radical (unpaired) electrons. The first kappa shape index (κ1) is 27.3. The number of rotatable bonds is 4. The highest BCUT2D eigenvalue weighted by molar-refractivity contribution is 7.91. The summed E-state index contributed by atoms with van der Waals surface area (Å²) in [6, 6.07) is 4.68. The molecule has 11 heteroatoms. The van der Waals surface area contributed by atoms with E-state index >= 15 is 0 Å². The fraction of sp³-hybridized carbons (Fsp3) is 0.667. The Morgan fingerprint density at radius 3 is 2.14 bits per heavy atom. The van der Waals surface area contributed by atoms with E-state index in [1.165, 1.54) is 12.1 Å². The predicted octanol–water partition coefficient (Wildman–Crippen LogP) is 3.99. The van der Waals surface area contributed by atoms with E-state index in [0.717, 1.165) is 10.5 Å². The van der Waals surface area contributed by atoms with Gasteiger partial charge in [-0.05, 0) is 82.1 Å². The van der Waals surface area contributed by atoms with Gasteiger partial charge in [0.25, 0.3) is 0 Å². The van der Waals surface area contributed by atoms with E-state index in [2.05, 4.69) is 0 Å². The molecule has 1 saturated heterocycles. The molecule has 1 aromatic carbocycles. The number of piperidine rings is 1. The normalized spacial score (nSPS) is 18.1. The van der Waals surface area contributed by atoms with E-state index in [0.29, 0.717) is 37.9 Å². The summed E-state index contributed by atoms with van der Waals surface area (Å²) in [7, 11) is -3.58. The number of nitrogens with zero attached hydrogens (tertiary/aromatic N) is 2. The summed E-state index contributed by atoms with van der Waals surface area (Å²) >= 11 is 0. The summed E-state index contributed by atoms with van der Waals surface area (Å²) < 4.78 is 69.7. The van der Waals surface area contributed by atoms with Crippen molar-refractivity contribution < 1.29 is 35.9 Å². The van der Waals surface area contributed by atoms with Crippen molar-refractivity contribution in [2.45, 2.75) is 69.5 Å². The molecule has 0 spiro atoms. The number of alkyl halides is 3. The van der Waals surface area contributed by atoms with Crippen LogP contribution in [0.5, 0.6) is 0 Å². The van der Waals surface area contributed by atoms with Gasteiger partial charge in [-0.15, -0.1) is 0 Å². The number of amides is 2. The van der Waals surface area contributed by atoms with E-state index < -0.39 is 27.5 Å². The van der Waals surface area contributed by atoms with Crippen molar-refractivity contribution in [1.82, 2.24) is 9.80 Å². The Morgan fingerprint density at radius 2 is 1.57 bits per heavy atom. The lowest BCUT2D eigenvalue weighted by molar-refractivity contribution is -0.185. The molecule has 2 aliphatic heterocycles. The average Bonchev–Trinajstić information content (AvgIpc) is 2.98. The lowest BCUT2D eigenvalue weighted by Gasteiger charge is -2.33. The number of hydrogen-bond acceptors (Lipinski definition) is 5. The average molecular weight is 519 g/mol. The van der Waals surface area contributed by atoms with Gasteiger partial charge in [0.2, 0.25) is 0 Å². The Bertz CT molecular complexity index is 1040. The molecule has 0 aromatic heterocycles. The van der Waals surface area contributed by atoms with Crippen molar-refractivity contribution in [2.24, 2.45) is 5.92 Å². The Balaban J connectivity index is 1.56. The summed E-state index contributed by atoms with van der Waals surface area (Å²) in [5.74, 6) is -1.73. The van der Waals surface area contributed by atoms with Crippen LogP contribution in [0.4, 0.5) is 18.0 Å². The fourth-order valence-electron chi connectivity index (χ4n) is 4.45. The standard InChI is InChI=1S/C24H33F3N2O5S/c1-23(2,3)34-22(31)29-11-6-17(7-12-29)10-15-35(32,33)20-5-4-18-8-13-28(14-9-19(18)16-20)21(30)24(25,26)27/h4-5,16-17H,6-15H2,1-3H3. The third-order valence-electron chi connectivity index (χ3n) is 6.43. The second kappa shape index (κ2) is 10.4. The molecule has 2 aliphatic rings. The zero-order valence-corrected chi connectivity index (χ0v) is 21.2. The molecule has 2 amide bonds. The van der Waals surface area contributed by atoms with Crippen LogP contribution in [0.2, 0.25) is 0 Å². The van der Waals surface area contributed by atoms with E-state index in [1.54, 1.807) is 11.0 Å². The first-order valence-corrected chi connectivity index (χ1v) is 13.5.